The van der Waals surface area contributed by atoms with Crippen molar-refractivity contribution in [1.29, 1.82) is 0 Å². The van der Waals surface area contributed by atoms with E-state index in [4.69, 9.17) is 4.74 Å². The van der Waals surface area contributed by atoms with Gasteiger partial charge in [-0.2, -0.15) is 0 Å². The fourth-order valence-corrected chi connectivity index (χ4v) is 3.20. The molecule has 20 heavy (non-hydrogen) atoms. The lowest BCUT2D eigenvalue weighted by atomic mass is 10.1. The van der Waals surface area contributed by atoms with Crippen molar-refractivity contribution in [3.8, 4) is 0 Å². The van der Waals surface area contributed by atoms with Crippen LogP contribution in [-0.4, -0.2) is 20.5 Å². The molecule has 0 aliphatic rings. The molecule has 0 rings (SSSR count). The molecule has 0 aliphatic carbocycles. The van der Waals surface area contributed by atoms with Crippen LogP contribution in [0.15, 0.2) is 24.0 Å². The number of ether oxygens (including phenoxy) is 1. The van der Waals surface area contributed by atoms with Crippen molar-refractivity contribution in [2.24, 2.45) is 0 Å². The van der Waals surface area contributed by atoms with E-state index in [0.29, 0.717) is 13.0 Å². The molecule has 0 bridgehead atoms. The van der Waals surface area contributed by atoms with Crippen molar-refractivity contribution in [3.05, 3.63) is 24.0 Å². The Hall–Kier alpha value is -0.833. The van der Waals surface area contributed by atoms with Gasteiger partial charge in [0.2, 0.25) is 0 Å². The van der Waals surface area contributed by atoms with Gasteiger partial charge < -0.3 is 4.74 Å². The molecule has 2 nitrogen and oxygen atoms in total. The summed E-state index contributed by atoms with van der Waals surface area (Å²) in [5.74, 6) is 1.24. The summed E-state index contributed by atoms with van der Waals surface area (Å²) in [4.78, 5) is 11.7. The van der Waals surface area contributed by atoms with Crippen molar-refractivity contribution in [3.63, 3.8) is 0 Å². The molecule has 0 radical (unpaired) electrons. The highest BCUT2D eigenvalue weighted by atomic mass is 28.3. The predicted molar refractivity (Wildman–Crippen MR) is 90.8 cm³/mol. The maximum Gasteiger partial charge on any atom is 0.155 e. The molecule has 0 saturated carbocycles. The van der Waals surface area contributed by atoms with Gasteiger partial charge in [-0.15, -0.1) is 0 Å². The molecule has 3 heteroatoms. The molecular weight excluding hydrogens is 264 g/mol. The first-order valence-corrected chi connectivity index (χ1v) is 11.6. The molecule has 0 heterocycles. The van der Waals surface area contributed by atoms with E-state index >= 15 is 0 Å². The summed E-state index contributed by atoms with van der Waals surface area (Å²) in [5, 5.41) is 0. The standard InChI is InChI=1S/C17H32O2Si/c1-6-8-9-10-12-16(18)13-11-14-17(19-7-2)15-20(3,4)5/h11,13-14H,6-10,12,15H2,1-5H3/b13-11+,17-14+. The van der Waals surface area contributed by atoms with E-state index in [1.807, 2.05) is 19.1 Å². The number of allylic oxidation sites excluding steroid dienone is 4. The lowest BCUT2D eigenvalue weighted by molar-refractivity contribution is -0.114. The average molecular weight is 297 g/mol. The molecule has 0 aliphatic heterocycles. The van der Waals surface area contributed by atoms with Crippen molar-refractivity contribution >= 4 is 13.9 Å². The van der Waals surface area contributed by atoms with Gasteiger partial charge >= 0.3 is 0 Å². The van der Waals surface area contributed by atoms with E-state index in [0.717, 1.165) is 24.6 Å². The van der Waals surface area contributed by atoms with Crippen LogP contribution in [0.3, 0.4) is 0 Å². The zero-order valence-corrected chi connectivity index (χ0v) is 15.0. The van der Waals surface area contributed by atoms with Crippen LogP contribution in [0.5, 0.6) is 0 Å². The average Bonchev–Trinajstić information content (AvgIpc) is 2.33. The van der Waals surface area contributed by atoms with Crippen molar-refractivity contribution in [2.75, 3.05) is 6.61 Å². The maximum absolute atomic E-state index is 11.7. The molecule has 116 valence electrons. The second-order valence-corrected chi connectivity index (χ2v) is 11.9. The van der Waals surface area contributed by atoms with E-state index in [-0.39, 0.29) is 5.78 Å². The lowest BCUT2D eigenvalue weighted by Crippen LogP contribution is -2.20. The molecule has 0 aromatic rings. The number of carbonyl (C=O) groups excluding carboxylic acids is 1. The highest BCUT2D eigenvalue weighted by Gasteiger charge is 2.15. The minimum atomic E-state index is -1.18. The lowest BCUT2D eigenvalue weighted by Gasteiger charge is -2.18. The van der Waals surface area contributed by atoms with Crippen LogP contribution >= 0.6 is 0 Å². The van der Waals surface area contributed by atoms with Crippen molar-refractivity contribution in [1.82, 2.24) is 0 Å². The molecule has 0 N–H and O–H groups in total. The third-order valence-electron chi connectivity index (χ3n) is 2.88. The Morgan fingerprint density at radius 2 is 1.80 bits per heavy atom. The minimum Gasteiger partial charge on any atom is -0.499 e. The number of hydrogen-bond donors (Lipinski definition) is 0. The summed E-state index contributed by atoms with van der Waals surface area (Å²) in [6, 6.07) is 1.02. The minimum absolute atomic E-state index is 0.223. The largest absolute Gasteiger partial charge is 0.499 e. The third kappa shape index (κ3) is 12.2. The van der Waals surface area contributed by atoms with E-state index in [1.165, 1.54) is 12.8 Å². The van der Waals surface area contributed by atoms with Crippen molar-refractivity contribution < 1.29 is 9.53 Å². The van der Waals surface area contributed by atoms with Gasteiger partial charge in [-0.25, -0.2) is 0 Å². The molecule has 0 aromatic heterocycles. The second kappa shape index (κ2) is 10.9. The third-order valence-corrected chi connectivity index (χ3v) is 4.28. The molecule has 0 fully saturated rings. The van der Waals surface area contributed by atoms with Gasteiger partial charge in [0.15, 0.2) is 5.78 Å². The van der Waals surface area contributed by atoms with Crippen LogP contribution in [0.4, 0.5) is 0 Å². The Balaban J connectivity index is 4.24. The van der Waals surface area contributed by atoms with Crippen LogP contribution in [0.25, 0.3) is 0 Å². The number of ketones is 1. The molecule has 0 amide bonds. The number of hydrogen-bond acceptors (Lipinski definition) is 2. The zero-order chi connectivity index (χ0) is 15.4. The fraction of sp³-hybridized carbons (Fsp3) is 0.706. The molecule has 0 aromatic carbocycles. The SMILES string of the molecule is CCCCCCC(=O)/C=C/C=C(\C[Si](C)(C)C)OCC. The van der Waals surface area contributed by atoms with Gasteiger partial charge in [-0.1, -0.05) is 51.9 Å². The topological polar surface area (TPSA) is 26.3 Å². The number of carbonyl (C=O) groups is 1. The van der Waals surface area contributed by atoms with Crippen LogP contribution in [0, 0.1) is 0 Å². The number of unbranched alkanes of at least 4 members (excludes halogenated alkanes) is 3. The second-order valence-electron chi connectivity index (χ2n) is 6.44. The Morgan fingerprint density at radius 3 is 2.35 bits per heavy atom. The molecule has 0 atom stereocenters. The van der Waals surface area contributed by atoms with Crippen LogP contribution in [-0.2, 0) is 9.53 Å². The first kappa shape index (κ1) is 19.2. The van der Waals surface area contributed by atoms with Crippen LogP contribution < -0.4 is 0 Å². The Kier molecular flexibility index (Phi) is 10.4. The first-order valence-electron chi connectivity index (χ1n) is 7.92. The smallest absolute Gasteiger partial charge is 0.155 e. The summed E-state index contributed by atoms with van der Waals surface area (Å²) >= 11 is 0. The van der Waals surface area contributed by atoms with E-state index in [9.17, 15) is 4.79 Å². The summed E-state index contributed by atoms with van der Waals surface area (Å²) in [6.07, 6.45) is 10.8. The van der Waals surface area contributed by atoms with Gasteiger partial charge in [0.25, 0.3) is 0 Å². The summed E-state index contributed by atoms with van der Waals surface area (Å²) in [5.41, 5.74) is 0. The Bertz CT molecular complexity index is 324. The normalized spacial score (nSPS) is 12.9. The molecule has 0 saturated heterocycles. The quantitative estimate of drug-likeness (QED) is 0.169. The Labute approximate surface area is 126 Å². The van der Waals surface area contributed by atoms with Gasteiger partial charge in [-0.05, 0) is 31.5 Å². The van der Waals surface area contributed by atoms with Gasteiger partial charge in [-0.3, -0.25) is 4.79 Å². The van der Waals surface area contributed by atoms with E-state index < -0.39 is 8.07 Å². The monoisotopic (exact) mass is 296 g/mol. The van der Waals surface area contributed by atoms with Gasteiger partial charge in [0.05, 0.1) is 20.4 Å². The molecule has 0 spiro atoms. The first-order chi connectivity index (χ1) is 9.39. The van der Waals surface area contributed by atoms with Crippen molar-refractivity contribution in [2.45, 2.75) is 71.6 Å². The highest BCUT2D eigenvalue weighted by molar-refractivity contribution is 6.76. The van der Waals surface area contributed by atoms with Gasteiger partial charge in [0.1, 0.15) is 0 Å². The predicted octanol–water partition coefficient (Wildman–Crippen LogP) is 5.34. The van der Waals surface area contributed by atoms with Gasteiger partial charge in [0, 0.05) is 6.42 Å². The van der Waals surface area contributed by atoms with E-state index in [1.54, 1.807) is 6.08 Å². The summed E-state index contributed by atoms with van der Waals surface area (Å²) in [7, 11) is -1.18. The molecular formula is C17H32O2Si. The number of rotatable bonds is 11. The summed E-state index contributed by atoms with van der Waals surface area (Å²) < 4.78 is 5.65. The van der Waals surface area contributed by atoms with E-state index in [2.05, 4.69) is 26.6 Å². The fourth-order valence-electron chi connectivity index (χ4n) is 1.94. The zero-order valence-electron chi connectivity index (χ0n) is 14.0. The molecule has 0 unspecified atom stereocenters. The Morgan fingerprint density at radius 1 is 1.10 bits per heavy atom. The van der Waals surface area contributed by atoms with Crippen LogP contribution in [0.1, 0.15) is 46.0 Å². The van der Waals surface area contributed by atoms with Crippen LogP contribution in [0.2, 0.25) is 25.7 Å². The maximum atomic E-state index is 11.7. The summed E-state index contributed by atoms with van der Waals surface area (Å²) in [6.45, 7) is 11.8. The highest BCUT2D eigenvalue weighted by Crippen LogP contribution is 2.17.